The van der Waals surface area contributed by atoms with Crippen LogP contribution in [0.1, 0.15) is 34.8 Å². The first-order valence-corrected chi connectivity index (χ1v) is 8.35. The highest BCUT2D eigenvalue weighted by molar-refractivity contribution is 6.15. The van der Waals surface area contributed by atoms with Gasteiger partial charge in [0.05, 0.1) is 0 Å². The lowest BCUT2D eigenvalue weighted by molar-refractivity contribution is 0.0612. The number of allylic oxidation sites excluding steroid dienone is 1. The number of ether oxygens (including phenoxy) is 1. The van der Waals surface area contributed by atoms with Crippen molar-refractivity contribution in [2.45, 2.75) is 26.0 Å². The van der Waals surface area contributed by atoms with Crippen LogP contribution >= 0.6 is 0 Å². The maximum absolute atomic E-state index is 12.5. The molecule has 3 heteroatoms. The summed E-state index contributed by atoms with van der Waals surface area (Å²) >= 11 is 0. The van der Waals surface area contributed by atoms with Crippen molar-refractivity contribution in [3.8, 4) is 5.75 Å². The van der Waals surface area contributed by atoms with E-state index in [1.165, 1.54) is 0 Å². The molecule has 3 nitrogen and oxygen atoms in total. The molecule has 2 aromatic rings. The lowest BCUT2D eigenvalue weighted by atomic mass is 10.1. The second kappa shape index (κ2) is 7.02. The van der Waals surface area contributed by atoms with E-state index in [2.05, 4.69) is 11.8 Å². The largest absolute Gasteiger partial charge is 0.475 e. The van der Waals surface area contributed by atoms with Crippen molar-refractivity contribution in [3.63, 3.8) is 0 Å². The highest BCUT2D eigenvalue weighted by Crippen LogP contribution is 2.28. The predicted molar refractivity (Wildman–Crippen MR) is 97.3 cm³/mol. The van der Waals surface area contributed by atoms with Crippen LogP contribution in [0.3, 0.4) is 0 Å². The third kappa shape index (κ3) is 3.41. The summed E-state index contributed by atoms with van der Waals surface area (Å²) in [6, 6.07) is 15.8. The Labute approximate surface area is 143 Å². The van der Waals surface area contributed by atoms with Gasteiger partial charge in [-0.25, -0.2) is 0 Å². The summed E-state index contributed by atoms with van der Waals surface area (Å²) in [5.41, 5.74) is 3.78. The first kappa shape index (κ1) is 16.5. The molecule has 1 unspecified atom stereocenters. The fourth-order valence-electron chi connectivity index (χ4n) is 3.06. The fraction of sp³-hybridized carbons (Fsp3) is 0.286. The lowest BCUT2D eigenvalue weighted by Gasteiger charge is -2.24. The Morgan fingerprint density at radius 1 is 1.17 bits per heavy atom. The number of rotatable bonds is 5. The number of Topliss-reactive ketones (excluding diaryl/α,β-unsaturated/α-hetero) is 1. The molecular weight excluding hydrogens is 298 g/mol. The molecule has 1 aliphatic rings. The molecule has 0 fully saturated rings. The van der Waals surface area contributed by atoms with Gasteiger partial charge in [-0.15, -0.1) is 0 Å². The molecule has 2 aromatic carbocycles. The first-order valence-electron chi connectivity index (χ1n) is 8.35. The minimum Gasteiger partial charge on any atom is -0.475 e. The van der Waals surface area contributed by atoms with Crippen LogP contribution in [-0.2, 0) is 6.42 Å². The summed E-state index contributed by atoms with van der Waals surface area (Å²) < 4.78 is 6.03. The van der Waals surface area contributed by atoms with Crippen molar-refractivity contribution in [1.82, 2.24) is 4.90 Å². The number of hydrogen-bond acceptors (Lipinski definition) is 3. The number of nitrogens with zero attached hydrogens (tertiary/aromatic N) is 1. The Balaban J connectivity index is 1.82. The summed E-state index contributed by atoms with van der Waals surface area (Å²) in [6.45, 7) is 2.10. The van der Waals surface area contributed by atoms with E-state index >= 15 is 0 Å². The van der Waals surface area contributed by atoms with Gasteiger partial charge in [0.1, 0.15) is 5.75 Å². The second-order valence-electron chi connectivity index (χ2n) is 6.35. The van der Waals surface area contributed by atoms with E-state index < -0.39 is 0 Å². The third-order valence-electron chi connectivity index (χ3n) is 4.33. The number of ketones is 1. The number of carbonyl (C=O) groups excluding carboxylic acids is 1. The summed E-state index contributed by atoms with van der Waals surface area (Å²) in [6.07, 6.45) is 3.64. The maximum Gasteiger partial charge on any atom is 0.189 e. The van der Waals surface area contributed by atoms with E-state index in [0.29, 0.717) is 6.42 Å². The van der Waals surface area contributed by atoms with Crippen molar-refractivity contribution < 1.29 is 9.53 Å². The molecule has 0 spiro atoms. The van der Waals surface area contributed by atoms with Crippen molar-refractivity contribution >= 4 is 11.9 Å². The fourth-order valence-corrected chi connectivity index (χ4v) is 3.06. The van der Waals surface area contributed by atoms with Crippen LogP contribution in [-0.4, -0.2) is 31.0 Å². The predicted octanol–water partition coefficient (Wildman–Crippen LogP) is 4.19. The molecule has 0 N–H and O–H groups in total. The smallest absolute Gasteiger partial charge is 0.189 e. The van der Waals surface area contributed by atoms with Crippen molar-refractivity contribution in [1.29, 1.82) is 0 Å². The standard InChI is InChI=1S/C21H23NO2/c1-4-20(22(2)3)24-18-10-7-8-15(13-18)12-17-14-16-9-5-6-11-19(16)21(17)23/h5-13,20H,4,14H2,1-3H3. The molecule has 0 radical (unpaired) electrons. The van der Waals surface area contributed by atoms with Crippen LogP contribution in [0.5, 0.6) is 5.75 Å². The summed E-state index contributed by atoms with van der Waals surface area (Å²) in [7, 11) is 4.02. The van der Waals surface area contributed by atoms with Crippen LogP contribution < -0.4 is 4.74 Å². The molecule has 24 heavy (non-hydrogen) atoms. The quantitative estimate of drug-likeness (QED) is 0.611. The van der Waals surface area contributed by atoms with Crippen LogP contribution in [0.4, 0.5) is 0 Å². The summed E-state index contributed by atoms with van der Waals surface area (Å²) in [5, 5.41) is 0. The lowest BCUT2D eigenvalue weighted by Crippen LogP contribution is -2.32. The van der Waals surface area contributed by atoms with Gasteiger partial charge in [0.15, 0.2) is 12.0 Å². The van der Waals surface area contributed by atoms with E-state index in [0.717, 1.165) is 34.4 Å². The Hall–Kier alpha value is -2.39. The van der Waals surface area contributed by atoms with Gasteiger partial charge in [-0.2, -0.15) is 0 Å². The van der Waals surface area contributed by atoms with Crippen molar-refractivity contribution in [2.75, 3.05) is 14.1 Å². The number of benzene rings is 2. The van der Waals surface area contributed by atoms with E-state index in [4.69, 9.17) is 4.74 Å². The van der Waals surface area contributed by atoms with Gasteiger partial charge in [-0.1, -0.05) is 43.3 Å². The average molecular weight is 321 g/mol. The van der Waals surface area contributed by atoms with Gasteiger partial charge in [-0.05, 0) is 49.9 Å². The minimum atomic E-state index is 0.0465. The molecular formula is C21H23NO2. The molecule has 0 amide bonds. The van der Waals surface area contributed by atoms with Gasteiger partial charge in [0, 0.05) is 17.6 Å². The minimum absolute atomic E-state index is 0.0465. The van der Waals surface area contributed by atoms with E-state index in [-0.39, 0.29) is 12.0 Å². The van der Waals surface area contributed by atoms with Crippen LogP contribution in [0.15, 0.2) is 54.1 Å². The Kier molecular flexibility index (Phi) is 4.81. The molecule has 1 aliphatic carbocycles. The Morgan fingerprint density at radius 3 is 2.67 bits per heavy atom. The zero-order valence-corrected chi connectivity index (χ0v) is 14.5. The van der Waals surface area contributed by atoms with E-state index in [9.17, 15) is 4.79 Å². The molecule has 0 heterocycles. The van der Waals surface area contributed by atoms with Gasteiger partial charge in [0.25, 0.3) is 0 Å². The van der Waals surface area contributed by atoms with Crippen LogP contribution in [0.2, 0.25) is 0 Å². The monoisotopic (exact) mass is 321 g/mol. The first-order chi connectivity index (χ1) is 11.6. The number of hydrogen-bond donors (Lipinski definition) is 0. The average Bonchev–Trinajstić information content (AvgIpc) is 2.89. The van der Waals surface area contributed by atoms with Gasteiger partial charge in [0.2, 0.25) is 0 Å². The van der Waals surface area contributed by atoms with Crippen LogP contribution in [0, 0.1) is 0 Å². The zero-order chi connectivity index (χ0) is 17.1. The molecule has 0 saturated heterocycles. The van der Waals surface area contributed by atoms with Crippen molar-refractivity contribution in [2.24, 2.45) is 0 Å². The van der Waals surface area contributed by atoms with Gasteiger partial charge in [-0.3, -0.25) is 9.69 Å². The number of fused-ring (bicyclic) bond motifs is 1. The van der Waals surface area contributed by atoms with Gasteiger partial charge < -0.3 is 4.74 Å². The Bertz CT molecular complexity index is 777. The van der Waals surface area contributed by atoms with Crippen LogP contribution in [0.25, 0.3) is 6.08 Å². The topological polar surface area (TPSA) is 29.5 Å². The second-order valence-corrected chi connectivity index (χ2v) is 6.35. The third-order valence-corrected chi connectivity index (χ3v) is 4.33. The molecule has 0 saturated carbocycles. The molecule has 3 rings (SSSR count). The SMILES string of the molecule is CCC(Oc1cccc(C=C2Cc3ccccc3C2=O)c1)N(C)C. The highest BCUT2D eigenvalue weighted by atomic mass is 16.5. The molecule has 0 aliphatic heterocycles. The maximum atomic E-state index is 12.5. The molecule has 124 valence electrons. The molecule has 1 atom stereocenters. The Morgan fingerprint density at radius 2 is 1.96 bits per heavy atom. The normalized spacial score (nSPS) is 16.5. The van der Waals surface area contributed by atoms with Gasteiger partial charge >= 0.3 is 0 Å². The van der Waals surface area contributed by atoms with E-state index in [1.807, 2.05) is 68.7 Å². The highest BCUT2D eigenvalue weighted by Gasteiger charge is 2.23. The van der Waals surface area contributed by atoms with E-state index in [1.54, 1.807) is 0 Å². The zero-order valence-electron chi connectivity index (χ0n) is 14.5. The molecule has 0 aromatic heterocycles. The molecule has 0 bridgehead atoms. The summed E-state index contributed by atoms with van der Waals surface area (Å²) in [4.78, 5) is 14.6. The summed E-state index contributed by atoms with van der Waals surface area (Å²) in [5.74, 6) is 0.963. The number of carbonyl (C=O) groups is 1. The van der Waals surface area contributed by atoms with Crippen molar-refractivity contribution in [3.05, 3.63) is 70.8 Å².